The zero-order valence-electron chi connectivity index (χ0n) is 7.74. The zero-order valence-corrected chi connectivity index (χ0v) is 8.49. The van der Waals surface area contributed by atoms with E-state index in [9.17, 15) is 4.79 Å². The van der Waals surface area contributed by atoms with Gasteiger partial charge in [-0.15, -0.1) is 0 Å². The van der Waals surface area contributed by atoms with Crippen LogP contribution in [0.5, 0.6) is 0 Å². The normalized spacial score (nSPS) is 10.4. The molecule has 0 radical (unpaired) electrons. The van der Waals surface area contributed by atoms with E-state index < -0.39 is 5.97 Å². The number of rotatable bonds is 3. The number of hydrogen-bond acceptors (Lipinski definition) is 3. The van der Waals surface area contributed by atoms with Gasteiger partial charge in [0.2, 0.25) is 0 Å². The minimum Gasteiger partial charge on any atom is -0.462 e. The first-order chi connectivity index (χ1) is 6.72. The van der Waals surface area contributed by atoms with Crippen LogP contribution in [0.4, 0.5) is 5.69 Å². The predicted molar refractivity (Wildman–Crippen MR) is 56.2 cm³/mol. The molecule has 0 amide bonds. The van der Waals surface area contributed by atoms with Crippen LogP contribution in [0.3, 0.4) is 0 Å². The molecule has 0 aliphatic carbocycles. The highest BCUT2D eigenvalue weighted by Crippen LogP contribution is 2.16. The number of carbonyl (C=O) groups is 1. The third kappa shape index (κ3) is 3.58. The fraction of sp³-hybridized carbons (Fsp3) is 0.200. The van der Waals surface area contributed by atoms with Gasteiger partial charge in [-0.2, -0.15) is 0 Å². The summed E-state index contributed by atoms with van der Waals surface area (Å²) in [5, 5.41) is 0.587. The van der Waals surface area contributed by atoms with Crippen LogP contribution in [0.1, 0.15) is 6.92 Å². The highest BCUT2D eigenvalue weighted by molar-refractivity contribution is 6.30. The average Bonchev–Trinajstić information content (AvgIpc) is 2.15. The van der Waals surface area contributed by atoms with Crippen LogP contribution in [-0.2, 0) is 9.53 Å². The Morgan fingerprint density at radius 2 is 2.43 bits per heavy atom. The smallest absolute Gasteiger partial charge is 0.349 e. The number of aliphatic imine (C=N–C) groups is 1. The van der Waals surface area contributed by atoms with Crippen LogP contribution in [0.25, 0.3) is 0 Å². The molecule has 0 spiro atoms. The maximum atomic E-state index is 10.9. The van der Waals surface area contributed by atoms with Gasteiger partial charge in [0.25, 0.3) is 0 Å². The van der Waals surface area contributed by atoms with Gasteiger partial charge in [0, 0.05) is 5.02 Å². The van der Waals surface area contributed by atoms with Crippen LogP contribution < -0.4 is 0 Å². The van der Waals surface area contributed by atoms with Crippen molar-refractivity contribution in [3.05, 3.63) is 29.3 Å². The van der Waals surface area contributed by atoms with Gasteiger partial charge in [-0.25, -0.2) is 9.79 Å². The number of esters is 1. The summed E-state index contributed by atoms with van der Waals surface area (Å²) in [5.41, 5.74) is 0.630. The lowest BCUT2D eigenvalue weighted by atomic mass is 10.3. The Kier molecular flexibility index (Phi) is 4.13. The molecule has 4 heteroatoms. The summed E-state index contributed by atoms with van der Waals surface area (Å²) in [6.07, 6.45) is 1.13. The fourth-order valence-electron chi connectivity index (χ4n) is 0.863. The summed E-state index contributed by atoms with van der Waals surface area (Å²) in [4.78, 5) is 14.8. The van der Waals surface area contributed by atoms with Crippen molar-refractivity contribution in [3.8, 4) is 0 Å². The fourth-order valence-corrected chi connectivity index (χ4v) is 1.05. The molecule has 1 rings (SSSR count). The summed E-state index contributed by atoms with van der Waals surface area (Å²) in [5.74, 6) is -0.451. The zero-order chi connectivity index (χ0) is 10.4. The van der Waals surface area contributed by atoms with Crippen LogP contribution in [0, 0.1) is 0 Å². The summed E-state index contributed by atoms with van der Waals surface area (Å²) in [6, 6.07) is 6.92. The van der Waals surface area contributed by atoms with Crippen molar-refractivity contribution in [3.63, 3.8) is 0 Å². The summed E-state index contributed by atoms with van der Waals surface area (Å²) in [6.45, 7) is 2.09. The number of ether oxygens (including phenoxy) is 1. The number of benzene rings is 1. The van der Waals surface area contributed by atoms with E-state index in [4.69, 9.17) is 11.6 Å². The summed E-state index contributed by atoms with van der Waals surface area (Å²) >= 11 is 5.73. The van der Waals surface area contributed by atoms with Crippen molar-refractivity contribution in [1.82, 2.24) is 0 Å². The van der Waals surface area contributed by atoms with Crippen LogP contribution in [-0.4, -0.2) is 18.8 Å². The Labute approximate surface area is 87.4 Å². The molecule has 0 bridgehead atoms. The van der Waals surface area contributed by atoms with Gasteiger partial charge in [-0.05, 0) is 25.1 Å². The van der Waals surface area contributed by atoms with E-state index in [1.165, 1.54) is 0 Å². The molecule has 0 fully saturated rings. The quantitative estimate of drug-likeness (QED) is 0.570. The number of carbonyl (C=O) groups excluding carboxylic acids is 1. The Hall–Kier alpha value is -1.35. The van der Waals surface area contributed by atoms with Gasteiger partial charge in [-0.1, -0.05) is 17.7 Å². The van der Waals surface area contributed by atoms with Crippen molar-refractivity contribution in [2.75, 3.05) is 6.61 Å². The lowest BCUT2D eigenvalue weighted by Crippen LogP contribution is -2.04. The standard InChI is InChI=1S/C10H10ClNO2/c1-2-14-10(13)7-12-9-5-3-4-8(11)6-9/h3-7H,2H2,1H3. The van der Waals surface area contributed by atoms with Crippen LogP contribution >= 0.6 is 11.6 Å². The molecule has 0 atom stereocenters. The maximum Gasteiger partial charge on any atom is 0.349 e. The molecule has 0 aromatic heterocycles. The molecule has 1 aromatic rings. The van der Waals surface area contributed by atoms with Gasteiger partial charge in [-0.3, -0.25) is 0 Å². The molecule has 14 heavy (non-hydrogen) atoms. The highest BCUT2D eigenvalue weighted by atomic mass is 35.5. The molecular weight excluding hydrogens is 202 g/mol. The van der Waals surface area contributed by atoms with E-state index in [2.05, 4.69) is 9.73 Å². The Morgan fingerprint density at radius 3 is 3.07 bits per heavy atom. The van der Waals surface area contributed by atoms with Crippen molar-refractivity contribution >= 4 is 29.5 Å². The first-order valence-electron chi connectivity index (χ1n) is 4.18. The molecule has 74 valence electrons. The van der Waals surface area contributed by atoms with E-state index in [-0.39, 0.29) is 0 Å². The molecule has 0 unspecified atom stereocenters. The van der Waals surface area contributed by atoms with E-state index in [1.807, 2.05) is 0 Å². The van der Waals surface area contributed by atoms with Gasteiger partial charge in [0.1, 0.15) is 6.21 Å². The second kappa shape index (κ2) is 5.40. The summed E-state index contributed by atoms with van der Waals surface area (Å²) < 4.78 is 4.67. The number of halogens is 1. The first kappa shape index (κ1) is 10.7. The molecule has 0 N–H and O–H groups in total. The molecule has 0 aliphatic rings. The van der Waals surface area contributed by atoms with Crippen molar-refractivity contribution < 1.29 is 9.53 Å². The number of hydrogen-bond donors (Lipinski definition) is 0. The Balaban J connectivity index is 2.64. The second-order valence-electron chi connectivity index (χ2n) is 2.49. The lowest BCUT2D eigenvalue weighted by Gasteiger charge is -1.95. The largest absolute Gasteiger partial charge is 0.462 e. The monoisotopic (exact) mass is 211 g/mol. The summed E-state index contributed by atoms with van der Waals surface area (Å²) in [7, 11) is 0. The van der Waals surface area contributed by atoms with E-state index >= 15 is 0 Å². The van der Waals surface area contributed by atoms with Gasteiger partial charge in [0.05, 0.1) is 12.3 Å². The van der Waals surface area contributed by atoms with Crippen molar-refractivity contribution in [2.45, 2.75) is 6.92 Å². The molecule has 0 heterocycles. The molecular formula is C10H10ClNO2. The van der Waals surface area contributed by atoms with Crippen molar-refractivity contribution in [2.24, 2.45) is 4.99 Å². The number of nitrogens with zero attached hydrogens (tertiary/aromatic N) is 1. The van der Waals surface area contributed by atoms with E-state index in [1.54, 1.807) is 31.2 Å². The van der Waals surface area contributed by atoms with Crippen LogP contribution in [0.2, 0.25) is 5.02 Å². The van der Waals surface area contributed by atoms with Crippen molar-refractivity contribution in [1.29, 1.82) is 0 Å². The Morgan fingerprint density at radius 1 is 1.64 bits per heavy atom. The molecule has 0 saturated heterocycles. The van der Waals surface area contributed by atoms with Crippen LogP contribution in [0.15, 0.2) is 29.3 Å². The molecule has 3 nitrogen and oxygen atoms in total. The first-order valence-corrected chi connectivity index (χ1v) is 4.56. The molecule has 0 saturated carbocycles. The minimum absolute atomic E-state index is 0.348. The third-order valence-corrected chi connectivity index (χ3v) is 1.65. The lowest BCUT2D eigenvalue weighted by molar-refractivity contribution is -0.134. The Bertz CT molecular complexity index is 350. The highest BCUT2D eigenvalue weighted by Gasteiger charge is 1.95. The second-order valence-corrected chi connectivity index (χ2v) is 2.93. The average molecular weight is 212 g/mol. The van der Waals surface area contributed by atoms with Gasteiger partial charge in [0.15, 0.2) is 0 Å². The van der Waals surface area contributed by atoms with E-state index in [0.29, 0.717) is 17.3 Å². The SMILES string of the molecule is CCOC(=O)C=Nc1cccc(Cl)c1. The molecule has 0 aliphatic heterocycles. The molecule has 1 aromatic carbocycles. The third-order valence-electron chi connectivity index (χ3n) is 1.41. The van der Waals surface area contributed by atoms with Gasteiger partial charge < -0.3 is 4.74 Å². The van der Waals surface area contributed by atoms with E-state index in [0.717, 1.165) is 6.21 Å². The predicted octanol–water partition coefficient (Wildman–Crippen LogP) is 2.61. The minimum atomic E-state index is -0.451. The topological polar surface area (TPSA) is 38.7 Å². The van der Waals surface area contributed by atoms with Gasteiger partial charge >= 0.3 is 5.97 Å². The maximum absolute atomic E-state index is 10.9.